The fraction of sp³-hybridized carbons (Fsp3) is 0.235. The van der Waals surface area contributed by atoms with Crippen molar-refractivity contribution in [3.63, 3.8) is 0 Å². The molecule has 4 heteroatoms. The number of halogens is 1. The van der Waals surface area contributed by atoms with Crippen molar-refractivity contribution in [2.24, 2.45) is 5.92 Å². The molecule has 0 bridgehead atoms. The van der Waals surface area contributed by atoms with Crippen molar-refractivity contribution in [2.45, 2.75) is 20.0 Å². The van der Waals surface area contributed by atoms with Gasteiger partial charge in [-0.15, -0.1) is 0 Å². The van der Waals surface area contributed by atoms with Gasteiger partial charge in [0.1, 0.15) is 12.4 Å². The Morgan fingerprint density at radius 3 is 2.52 bits per heavy atom. The fourth-order valence-corrected chi connectivity index (χ4v) is 2.22. The van der Waals surface area contributed by atoms with Gasteiger partial charge >= 0.3 is 5.97 Å². The highest BCUT2D eigenvalue weighted by atomic mass is 35.5. The molecule has 0 aliphatic rings. The van der Waals surface area contributed by atoms with Crippen LogP contribution in [0.3, 0.4) is 0 Å². The van der Waals surface area contributed by atoms with Crippen LogP contribution in [0.25, 0.3) is 0 Å². The molecule has 0 fully saturated rings. The lowest BCUT2D eigenvalue weighted by Crippen LogP contribution is -2.12. The van der Waals surface area contributed by atoms with E-state index in [1.54, 1.807) is 19.1 Å². The number of carboxylic acids is 1. The van der Waals surface area contributed by atoms with Gasteiger partial charge in [-0.1, -0.05) is 54.9 Å². The number of hydrogen-bond acceptors (Lipinski definition) is 2. The summed E-state index contributed by atoms with van der Waals surface area (Å²) in [5, 5.41) is 9.42. The summed E-state index contributed by atoms with van der Waals surface area (Å²) >= 11 is 6.19. The highest BCUT2D eigenvalue weighted by Crippen LogP contribution is 2.27. The maximum Gasteiger partial charge on any atom is 0.306 e. The Bertz CT molecular complexity index is 611. The lowest BCUT2D eigenvalue weighted by Gasteiger charge is -2.11. The van der Waals surface area contributed by atoms with E-state index in [0.717, 1.165) is 11.1 Å². The Morgan fingerprint density at radius 2 is 1.90 bits per heavy atom. The van der Waals surface area contributed by atoms with Crippen molar-refractivity contribution in [2.75, 3.05) is 0 Å². The first kappa shape index (κ1) is 15.4. The maximum atomic E-state index is 10.9. The molecular weight excluding hydrogens is 288 g/mol. The van der Waals surface area contributed by atoms with Gasteiger partial charge in [0, 0.05) is 0 Å². The average molecular weight is 305 g/mol. The summed E-state index contributed by atoms with van der Waals surface area (Å²) in [4.78, 5) is 10.9. The number of aliphatic carboxylic acids is 1. The van der Waals surface area contributed by atoms with E-state index in [9.17, 15) is 4.79 Å². The maximum absolute atomic E-state index is 10.9. The van der Waals surface area contributed by atoms with Crippen LogP contribution in [0, 0.1) is 5.92 Å². The minimum absolute atomic E-state index is 0.433. The number of carbonyl (C=O) groups is 1. The van der Waals surface area contributed by atoms with Gasteiger partial charge in [0.15, 0.2) is 0 Å². The van der Waals surface area contributed by atoms with Crippen LogP contribution in [0.5, 0.6) is 5.75 Å². The largest absolute Gasteiger partial charge is 0.487 e. The van der Waals surface area contributed by atoms with Crippen LogP contribution in [0.15, 0.2) is 48.5 Å². The van der Waals surface area contributed by atoms with Crippen molar-refractivity contribution >= 4 is 17.6 Å². The number of benzene rings is 2. The van der Waals surface area contributed by atoms with E-state index >= 15 is 0 Å². The summed E-state index contributed by atoms with van der Waals surface area (Å²) in [5.74, 6) is -0.639. The van der Waals surface area contributed by atoms with Crippen molar-refractivity contribution in [3.05, 3.63) is 64.7 Å². The summed E-state index contributed by atoms with van der Waals surface area (Å²) in [5.41, 5.74) is 1.96. The van der Waals surface area contributed by atoms with Crippen molar-refractivity contribution < 1.29 is 14.6 Å². The zero-order valence-electron chi connectivity index (χ0n) is 11.8. The number of carboxylic acid groups (broad SMARTS) is 1. The fourth-order valence-electron chi connectivity index (χ4n) is 1.96. The van der Waals surface area contributed by atoms with E-state index in [1.165, 1.54) is 0 Å². The molecule has 21 heavy (non-hydrogen) atoms. The van der Waals surface area contributed by atoms with Gasteiger partial charge in [0.05, 0.1) is 10.9 Å². The third-order valence-electron chi connectivity index (χ3n) is 3.20. The monoisotopic (exact) mass is 304 g/mol. The molecule has 1 unspecified atom stereocenters. The van der Waals surface area contributed by atoms with Gasteiger partial charge in [-0.05, 0) is 29.7 Å². The van der Waals surface area contributed by atoms with Gasteiger partial charge in [0.2, 0.25) is 0 Å². The van der Waals surface area contributed by atoms with Crippen LogP contribution in [0.4, 0.5) is 0 Å². The van der Waals surface area contributed by atoms with E-state index in [0.29, 0.717) is 23.8 Å². The molecule has 110 valence electrons. The molecule has 0 heterocycles. The summed E-state index contributed by atoms with van der Waals surface area (Å²) in [7, 11) is 0. The molecule has 1 N–H and O–H groups in total. The molecule has 0 spiro atoms. The van der Waals surface area contributed by atoms with Crippen LogP contribution in [0.2, 0.25) is 5.02 Å². The molecule has 0 saturated heterocycles. The second-order valence-corrected chi connectivity index (χ2v) is 5.39. The van der Waals surface area contributed by atoms with E-state index < -0.39 is 11.9 Å². The normalized spacial score (nSPS) is 11.9. The SMILES string of the molecule is CC(Cc1ccc(OCc2ccccc2)c(Cl)c1)C(=O)O. The van der Waals surface area contributed by atoms with Crippen molar-refractivity contribution in [1.29, 1.82) is 0 Å². The van der Waals surface area contributed by atoms with Crippen LogP contribution in [-0.2, 0) is 17.8 Å². The Labute approximate surface area is 129 Å². The first-order valence-corrected chi connectivity index (χ1v) is 7.12. The van der Waals surface area contributed by atoms with Gasteiger partial charge in [-0.25, -0.2) is 0 Å². The number of rotatable bonds is 6. The van der Waals surface area contributed by atoms with Gasteiger partial charge < -0.3 is 9.84 Å². The standard InChI is InChI=1S/C17H17ClO3/c1-12(17(19)20)9-14-7-8-16(15(18)10-14)21-11-13-5-3-2-4-6-13/h2-8,10,12H,9,11H2,1H3,(H,19,20). The molecule has 3 nitrogen and oxygen atoms in total. The van der Waals surface area contributed by atoms with Gasteiger partial charge in [-0.2, -0.15) is 0 Å². The first-order chi connectivity index (χ1) is 10.1. The molecule has 2 aromatic rings. The van der Waals surface area contributed by atoms with Gasteiger partial charge in [0.25, 0.3) is 0 Å². The van der Waals surface area contributed by atoms with E-state index in [2.05, 4.69) is 0 Å². The minimum atomic E-state index is -0.810. The minimum Gasteiger partial charge on any atom is -0.487 e. The summed E-state index contributed by atoms with van der Waals surface area (Å²) in [6, 6.07) is 15.2. The lowest BCUT2D eigenvalue weighted by atomic mass is 10.0. The van der Waals surface area contributed by atoms with Crippen LogP contribution >= 0.6 is 11.6 Å². The zero-order chi connectivity index (χ0) is 15.2. The molecule has 0 aromatic heterocycles. The molecule has 0 radical (unpaired) electrons. The molecule has 1 atom stereocenters. The summed E-state index contributed by atoms with van der Waals surface area (Å²) in [6.45, 7) is 2.13. The lowest BCUT2D eigenvalue weighted by molar-refractivity contribution is -0.141. The molecule has 0 aliphatic heterocycles. The Balaban J connectivity index is 2.00. The average Bonchev–Trinajstić information content (AvgIpc) is 2.47. The molecule has 2 aromatic carbocycles. The molecular formula is C17H17ClO3. The first-order valence-electron chi connectivity index (χ1n) is 6.74. The predicted octanol–water partition coefficient (Wildman–Crippen LogP) is 4.18. The summed E-state index contributed by atoms with van der Waals surface area (Å²) < 4.78 is 5.68. The van der Waals surface area contributed by atoms with Crippen LogP contribution < -0.4 is 4.74 Å². The Hall–Kier alpha value is -2.00. The van der Waals surface area contributed by atoms with Crippen molar-refractivity contribution in [1.82, 2.24) is 0 Å². The Morgan fingerprint density at radius 1 is 1.19 bits per heavy atom. The topological polar surface area (TPSA) is 46.5 Å². The third-order valence-corrected chi connectivity index (χ3v) is 3.49. The third kappa shape index (κ3) is 4.50. The zero-order valence-corrected chi connectivity index (χ0v) is 12.5. The molecule has 0 saturated carbocycles. The van der Waals surface area contributed by atoms with E-state index in [-0.39, 0.29) is 0 Å². The second kappa shape index (κ2) is 7.14. The number of hydrogen-bond donors (Lipinski definition) is 1. The highest BCUT2D eigenvalue weighted by molar-refractivity contribution is 6.32. The quantitative estimate of drug-likeness (QED) is 0.870. The summed E-state index contributed by atoms with van der Waals surface area (Å²) in [6.07, 6.45) is 0.452. The molecule has 2 rings (SSSR count). The van der Waals surface area contributed by atoms with Crippen LogP contribution in [-0.4, -0.2) is 11.1 Å². The predicted molar refractivity (Wildman–Crippen MR) is 82.7 cm³/mol. The van der Waals surface area contributed by atoms with Crippen LogP contribution in [0.1, 0.15) is 18.1 Å². The van der Waals surface area contributed by atoms with Gasteiger partial charge in [-0.3, -0.25) is 4.79 Å². The molecule has 0 aliphatic carbocycles. The molecule has 0 amide bonds. The smallest absolute Gasteiger partial charge is 0.306 e. The highest BCUT2D eigenvalue weighted by Gasteiger charge is 2.12. The van der Waals surface area contributed by atoms with E-state index in [4.69, 9.17) is 21.4 Å². The second-order valence-electron chi connectivity index (χ2n) is 4.98. The van der Waals surface area contributed by atoms with E-state index in [1.807, 2.05) is 36.4 Å². The Kier molecular flexibility index (Phi) is 5.23. The number of ether oxygens (including phenoxy) is 1. The van der Waals surface area contributed by atoms with Crippen molar-refractivity contribution in [3.8, 4) is 5.75 Å².